The first-order valence-corrected chi connectivity index (χ1v) is 8.96. The molecule has 1 aliphatic heterocycles. The number of morpholine rings is 1. The number of ether oxygens (including phenoxy) is 1. The van der Waals surface area contributed by atoms with Crippen molar-refractivity contribution in [1.82, 2.24) is 24.8 Å². The molecule has 144 valence electrons. The van der Waals surface area contributed by atoms with E-state index in [0.29, 0.717) is 43.0 Å². The molecule has 28 heavy (non-hydrogen) atoms. The molecule has 0 unspecified atom stereocenters. The molecule has 9 nitrogen and oxygen atoms in total. The first kappa shape index (κ1) is 18.1. The number of nitrogens with zero attached hydrogens (tertiary/aromatic N) is 5. The predicted octanol–water partition coefficient (Wildman–Crippen LogP) is 2.43. The van der Waals surface area contributed by atoms with Gasteiger partial charge in [0.25, 0.3) is 5.91 Å². The molecular weight excluding hydrogens is 360 g/mol. The van der Waals surface area contributed by atoms with Crippen LogP contribution in [0.4, 0.5) is 11.8 Å². The van der Waals surface area contributed by atoms with Gasteiger partial charge in [-0.15, -0.1) is 0 Å². The smallest absolute Gasteiger partial charge is 0.291 e. The summed E-state index contributed by atoms with van der Waals surface area (Å²) in [5.41, 5.74) is 1.32. The Bertz CT molecular complexity index is 975. The van der Waals surface area contributed by atoms with E-state index >= 15 is 0 Å². The van der Waals surface area contributed by atoms with Crippen LogP contribution < -0.4 is 5.32 Å². The van der Waals surface area contributed by atoms with Crippen LogP contribution >= 0.6 is 0 Å². The fraction of sp³-hybridized carbons (Fsp3) is 0.316. The third kappa shape index (κ3) is 3.84. The van der Waals surface area contributed by atoms with Crippen molar-refractivity contribution in [3.63, 3.8) is 0 Å². The van der Waals surface area contributed by atoms with Crippen LogP contribution in [0.5, 0.6) is 0 Å². The average molecular weight is 380 g/mol. The topological polar surface area (TPSA) is 106 Å². The van der Waals surface area contributed by atoms with Crippen molar-refractivity contribution in [2.24, 2.45) is 0 Å². The molecule has 1 fully saturated rings. The van der Waals surface area contributed by atoms with Gasteiger partial charge in [-0.25, -0.2) is 19.9 Å². The lowest BCUT2D eigenvalue weighted by Gasteiger charge is -2.32. The fourth-order valence-electron chi connectivity index (χ4n) is 3.06. The average Bonchev–Trinajstić information content (AvgIpc) is 3.06. The molecule has 1 amide bonds. The Morgan fingerprint density at radius 2 is 2.00 bits per heavy atom. The molecule has 1 aliphatic rings. The van der Waals surface area contributed by atoms with Crippen molar-refractivity contribution in [3.8, 4) is 0 Å². The van der Waals surface area contributed by atoms with Gasteiger partial charge in [0.15, 0.2) is 5.89 Å². The normalized spacial score (nSPS) is 16.8. The van der Waals surface area contributed by atoms with Crippen molar-refractivity contribution in [3.05, 3.63) is 59.7 Å². The minimum Gasteiger partial charge on any atom is -0.436 e. The van der Waals surface area contributed by atoms with E-state index < -0.39 is 0 Å². The summed E-state index contributed by atoms with van der Waals surface area (Å²) < 4.78 is 11.3. The lowest BCUT2D eigenvalue weighted by molar-refractivity contribution is -0.0256. The summed E-state index contributed by atoms with van der Waals surface area (Å²) >= 11 is 0. The number of rotatable bonds is 4. The van der Waals surface area contributed by atoms with E-state index in [9.17, 15) is 4.79 Å². The molecule has 3 aromatic heterocycles. The van der Waals surface area contributed by atoms with Gasteiger partial charge >= 0.3 is 0 Å². The van der Waals surface area contributed by atoms with Crippen LogP contribution in [0.25, 0.3) is 0 Å². The highest BCUT2D eigenvalue weighted by atomic mass is 16.5. The number of oxazole rings is 1. The lowest BCUT2D eigenvalue weighted by Crippen LogP contribution is -2.42. The summed E-state index contributed by atoms with van der Waals surface area (Å²) in [6.45, 7) is 4.79. The van der Waals surface area contributed by atoms with E-state index in [-0.39, 0.29) is 17.8 Å². The Hall–Kier alpha value is -3.33. The van der Waals surface area contributed by atoms with Gasteiger partial charge < -0.3 is 19.4 Å². The largest absolute Gasteiger partial charge is 0.436 e. The molecule has 0 aliphatic carbocycles. The Balaban J connectivity index is 1.49. The van der Waals surface area contributed by atoms with E-state index in [1.165, 1.54) is 0 Å². The molecule has 9 heteroatoms. The fourth-order valence-corrected chi connectivity index (χ4v) is 3.06. The first-order chi connectivity index (χ1) is 13.6. The van der Waals surface area contributed by atoms with Gasteiger partial charge in [0.05, 0.1) is 24.5 Å². The standard InChI is InChI=1S/C19H20N6O3/c1-12-17(28-13(2)22-12)18(26)25-9-10-27-15(11-25)14-5-3-6-16(23-14)24-19-20-7-4-8-21-19/h3-8,15H,9-11H2,1-2H3,(H,20,21,23,24)/t15-/m1/s1. The van der Waals surface area contributed by atoms with Gasteiger partial charge in [-0.1, -0.05) is 6.07 Å². The van der Waals surface area contributed by atoms with Crippen LogP contribution in [0.3, 0.4) is 0 Å². The Morgan fingerprint density at radius 3 is 2.75 bits per heavy atom. The van der Waals surface area contributed by atoms with Crippen LogP contribution in [0.2, 0.25) is 0 Å². The first-order valence-electron chi connectivity index (χ1n) is 8.96. The lowest BCUT2D eigenvalue weighted by atomic mass is 10.1. The minimum atomic E-state index is -0.333. The predicted molar refractivity (Wildman–Crippen MR) is 100 cm³/mol. The van der Waals surface area contributed by atoms with Gasteiger partial charge in [0, 0.05) is 25.9 Å². The number of carbonyl (C=O) groups is 1. The zero-order valence-corrected chi connectivity index (χ0v) is 15.6. The van der Waals surface area contributed by atoms with Gasteiger partial charge in [-0.3, -0.25) is 4.79 Å². The maximum Gasteiger partial charge on any atom is 0.291 e. The van der Waals surface area contributed by atoms with Gasteiger partial charge in [0.1, 0.15) is 11.9 Å². The number of aryl methyl sites for hydroxylation is 2. The zero-order valence-electron chi connectivity index (χ0n) is 15.6. The van der Waals surface area contributed by atoms with E-state index in [1.807, 2.05) is 18.2 Å². The zero-order chi connectivity index (χ0) is 19.5. The Morgan fingerprint density at radius 1 is 1.18 bits per heavy atom. The van der Waals surface area contributed by atoms with E-state index in [4.69, 9.17) is 9.15 Å². The number of hydrogen-bond acceptors (Lipinski definition) is 8. The Kier molecular flexibility index (Phi) is 4.98. The van der Waals surface area contributed by atoms with Crippen LogP contribution in [0.15, 0.2) is 41.1 Å². The van der Waals surface area contributed by atoms with Crippen LogP contribution in [-0.4, -0.2) is 50.4 Å². The van der Waals surface area contributed by atoms with Crippen LogP contribution in [0, 0.1) is 13.8 Å². The highest BCUT2D eigenvalue weighted by molar-refractivity contribution is 5.92. The second kappa shape index (κ2) is 7.73. The number of aromatic nitrogens is 4. The molecule has 0 spiro atoms. The second-order valence-electron chi connectivity index (χ2n) is 6.40. The molecule has 4 rings (SSSR count). The summed E-state index contributed by atoms with van der Waals surface area (Å²) in [4.78, 5) is 31.6. The number of hydrogen-bond donors (Lipinski definition) is 1. The molecule has 1 atom stereocenters. The molecule has 3 aromatic rings. The number of pyridine rings is 1. The van der Waals surface area contributed by atoms with Crippen molar-refractivity contribution in [2.45, 2.75) is 20.0 Å². The van der Waals surface area contributed by atoms with Gasteiger partial charge in [-0.2, -0.15) is 0 Å². The van der Waals surface area contributed by atoms with E-state index in [2.05, 4.69) is 25.3 Å². The van der Waals surface area contributed by atoms with Crippen molar-refractivity contribution < 1.29 is 13.9 Å². The number of nitrogens with one attached hydrogen (secondary N) is 1. The monoisotopic (exact) mass is 380 g/mol. The van der Waals surface area contributed by atoms with Crippen LogP contribution in [-0.2, 0) is 4.74 Å². The summed E-state index contributed by atoms with van der Waals surface area (Å²) in [7, 11) is 0. The molecule has 0 saturated carbocycles. The molecule has 4 heterocycles. The maximum absolute atomic E-state index is 12.8. The summed E-state index contributed by atoms with van der Waals surface area (Å²) in [6.07, 6.45) is 2.97. The molecule has 1 saturated heterocycles. The molecule has 0 radical (unpaired) electrons. The SMILES string of the molecule is Cc1nc(C)c(C(=O)N2CCO[C@@H](c3cccc(Nc4ncccn4)n3)C2)o1. The van der Waals surface area contributed by atoms with E-state index in [1.54, 1.807) is 37.2 Å². The summed E-state index contributed by atoms with van der Waals surface area (Å²) in [6, 6.07) is 7.32. The number of amides is 1. The van der Waals surface area contributed by atoms with Gasteiger partial charge in [-0.05, 0) is 25.1 Å². The third-order valence-corrected chi connectivity index (χ3v) is 4.36. The highest BCUT2D eigenvalue weighted by Crippen LogP contribution is 2.24. The molecular formula is C19H20N6O3. The summed E-state index contributed by atoms with van der Waals surface area (Å²) in [5, 5.41) is 3.06. The molecule has 1 N–H and O–H groups in total. The van der Waals surface area contributed by atoms with Gasteiger partial charge in [0.2, 0.25) is 11.7 Å². The molecule has 0 aromatic carbocycles. The number of anilines is 2. The van der Waals surface area contributed by atoms with Crippen molar-refractivity contribution in [1.29, 1.82) is 0 Å². The van der Waals surface area contributed by atoms with Crippen molar-refractivity contribution >= 4 is 17.7 Å². The summed E-state index contributed by atoms with van der Waals surface area (Å²) in [5.74, 6) is 1.65. The van der Waals surface area contributed by atoms with Crippen LogP contribution in [0.1, 0.15) is 33.9 Å². The number of carbonyl (C=O) groups excluding carboxylic acids is 1. The van der Waals surface area contributed by atoms with E-state index in [0.717, 1.165) is 5.69 Å². The Labute approximate surface area is 161 Å². The third-order valence-electron chi connectivity index (χ3n) is 4.36. The maximum atomic E-state index is 12.8. The second-order valence-corrected chi connectivity index (χ2v) is 6.40. The minimum absolute atomic E-state index is 0.182. The highest BCUT2D eigenvalue weighted by Gasteiger charge is 2.30. The van der Waals surface area contributed by atoms with Crippen molar-refractivity contribution in [2.75, 3.05) is 25.0 Å². The quantitative estimate of drug-likeness (QED) is 0.735. The molecule has 0 bridgehead atoms.